The van der Waals surface area contributed by atoms with E-state index in [1.807, 2.05) is 30.3 Å². The van der Waals surface area contributed by atoms with Crippen molar-refractivity contribution in [3.05, 3.63) is 42.0 Å². The van der Waals surface area contributed by atoms with Crippen molar-refractivity contribution < 1.29 is 19.4 Å². The summed E-state index contributed by atoms with van der Waals surface area (Å²) in [5.41, 5.74) is 0.931. The first-order chi connectivity index (χ1) is 10.2. The van der Waals surface area contributed by atoms with Gasteiger partial charge in [-0.25, -0.2) is 0 Å². The monoisotopic (exact) mass is 291 g/mol. The maximum absolute atomic E-state index is 12.1. The first kappa shape index (κ1) is 16.9. The number of nitrogens with zero attached hydrogens (tertiary/aromatic N) is 1. The van der Waals surface area contributed by atoms with Gasteiger partial charge in [0.1, 0.15) is 0 Å². The van der Waals surface area contributed by atoms with E-state index in [4.69, 9.17) is 5.11 Å². The van der Waals surface area contributed by atoms with Crippen molar-refractivity contribution in [3.63, 3.8) is 0 Å². The number of carbonyl (C=O) groups excluding carboxylic acids is 2. The topological polar surface area (TPSA) is 66.8 Å². The Morgan fingerprint density at radius 3 is 2.57 bits per heavy atom. The number of aliphatic hydroxyl groups excluding tert-OH is 1. The molecule has 1 rings (SSSR count). The van der Waals surface area contributed by atoms with Gasteiger partial charge in [-0.05, 0) is 18.1 Å². The predicted molar refractivity (Wildman–Crippen MR) is 80.4 cm³/mol. The van der Waals surface area contributed by atoms with Crippen LogP contribution >= 0.6 is 0 Å². The van der Waals surface area contributed by atoms with Gasteiger partial charge in [0.25, 0.3) is 0 Å². The molecule has 5 nitrogen and oxygen atoms in total. The van der Waals surface area contributed by atoms with Crippen LogP contribution in [0.25, 0.3) is 6.08 Å². The van der Waals surface area contributed by atoms with Gasteiger partial charge in [-0.15, -0.1) is 0 Å². The molecule has 0 atom stereocenters. The van der Waals surface area contributed by atoms with E-state index in [9.17, 15) is 9.59 Å². The molecule has 1 amide bonds. The fourth-order valence-corrected chi connectivity index (χ4v) is 1.76. The molecule has 0 aliphatic rings. The summed E-state index contributed by atoms with van der Waals surface area (Å²) in [4.78, 5) is 24.8. The molecule has 114 valence electrons. The Hall–Kier alpha value is -2.14. The first-order valence-corrected chi connectivity index (χ1v) is 6.87. The van der Waals surface area contributed by atoms with E-state index in [-0.39, 0.29) is 31.4 Å². The molecule has 0 aromatic heterocycles. The van der Waals surface area contributed by atoms with Crippen LogP contribution in [0.1, 0.15) is 18.4 Å². The van der Waals surface area contributed by atoms with Gasteiger partial charge in [0.15, 0.2) is 0 Å². The summed E-state index contributed by atoms with van der Waals surface area (Å²) >= 11 is 0. The molecule has 0 aliphatic carbocycles. The first-order valence-electron chi connectivity index (χ1n) is 6.87. The lowest BCUT2D eigenvalue weighted by Crippen LogP contribution is -2.33. The standard InChI is InChI=1S/C16H21NO4/c1-21-16(20)10-12-17(11-5-13-18)15(19)9-8-14-6-3-2-4-7-14/h2-4,6-9,18H,5,10-13H2,1H3/b9-8+. The number of ether oxygens (including phenoxy) is 1. The number of benzene rings is 1. The molecule has 0 aliphatic heterocycles. The van der Waals surface area contributed by atoms with Crippen molar-refractivity contribution >= 4 is 18.0 Å². The van der Waals surface area contributed by atoms with E-state index >= 15 is 0 Å². The quantitative estimate of drug-likeness (QED) is 0.582. The van der Waals surface area contributed by atoms with Gasteiger partial charge in [0.05, 0.1) is 13.5 Å². The van der Waals surface area contributed by atoms with Crippen molar-refractivity contribution in [1.29, 1.82) is 0 Å². The predicted octanol–water partition coefficient (Wildman–Crippen LogP) is 1.47. The Morgan fingerprint density at radius 2 is 1.95 bits per heavy atom. The number of amides is 1. The molecule has 0 heterocycles. The second-order valence-corrected chi connectivity index (χ2v) is 4.47. The van der Waals surface area contributed by atoms with E-state index in [2.05, 4.69) is 4.74 Å². The minimum Gasteiger partial charge on any atom is -0.469 e. The van der Waals surface area contributed by atoms with Crippen LogP contribution in [0.4, 0.5) is 0 Å². The van der Waals surface area contributed by atoms with Gasteiger partial charge < -0.3 is 14.7 Å². The molecule has 21 heavy (non-hydrogen) atoms. The Morgan fingerprint density at radius 1 is 1.24 bits per heavy atom. The second-order valence-electron chi connectivity index (χ2n) is 4.47. The molecule has 0 unspecified atom stereocenters. The number of esters is 1. The minimum atomic E-state index is -0.358. The summed E-state index contributed by atoms with van der Waals surface area (Å²) in [7, 11) is 1.32. The molecule has 0 saturated heterocycles. The molecular formula is C16H21NO4. The normalized spacial score (nSPS) is 10.6. The number of hydrogen-bond acceptors (Lipinski definition) is 4. The molecule has 5 heteroatoms. The smallest absolute Gasteiger partial charge is 0.307 e. The SMILES string of the molecule is COC(=O)CCN(CCCO)C(=O)/C=C/c1ccccc1. The molecule has 0 spiro atoms. The summed E-state index contributed by atoms with van der Waals surface area (Å²) in [5.74, 6) is -0.542. The number of hydrogen-bond donors (Lipinski definition) is 1. The van der Waals surface area contributed by atoms with Crippen molar-refractivity contribution in [2.45, 2.75) is 12.8 Å². The highest BCUT2D eigenvalue weighted by Gasteiger charge is 2.12. The van der Waals surface area contributed by atoms with Crippen molar-refractivity contribution in [3.8, 4) is 0 Å². The van der Waals surface area contributed by atoms with Crippen LogP contribution in [0.2, 0.25) is 0 Å². The largest absolute Gasteiger partial charge is 0.469 e. The van der Waals surface area contributed by atoms with Crippen LogP contribution in [0.5, 0.6) is 0 Å². The van der Waals surface area contributed by atoms with Gasteiger partial charge in [0, 0.05) is 25.8 Å². The van der Waals surface area contributed by atoms with Gasteiger partial charge >= 0.3 is 5.97 Å². The average Bonchev–Trinajstić information content (AvgIpc) is 2.53. The zero-order valence-corrected chi connectivity index (χ0v) is 12.2. The lowest BCUT2D eigenvalue weighted by molar-refractivity contribution is -0.141. The third-order valence-corrected chi connectivity index (χ3v) is 2.93. The van der Waals surface area contributed by atoms with Crippen LogP contribution in [0, 0.1) is 0 Å². The Kier molecular flexibility index (Phi) is 7.82. The van der Waals surface area contributed by atoms with E-state index in [1.165, 1.54) is 18.1 Å². The van der Waals surface area contributed by atoms with Crippen LogP contribution < -0.4 is 0 Å². The summed E-state index contributed by atoms with van der Waals surface area (Å²) < 4.78 is 4.57. The number of methoxy groups -OCH3 is 1. The molecule has 1 aromatic rings. The van der Waals surface area contributed by atoms with E-state index in [0.29, 0.717) is 13.0 Å². The highest BCUT2D eigenvalue weighted by Crippen LogP contribution is 2.03. The second kappa shape index (κ2) is 9.72. The van der Waals surface area contributed by atoms with Gasteiger partial charge in [-0.1, -0.05) is 30.3 Å². The van der Waals surface area contributed by atoms with E-state index in [1.54, 1.807) is 6.08 Å². The molecule has 0 radical (unpaired) electrons. The Balaban J connectivity index is 2.61. The van der Waals surface area contributed by atoms with Gasteiger partial charge in [-0.3, -0.25) is 9.59 Å². The fraction of sp³-hybridized carbons (Fsp3) is 0.375. The number of aliphatic hydroxyl groups is 1. The molecule has 0 bridgehead atoms. The third-order valence-electron chi connectivity index (χ3n) is 2.93. The Bertz CT molecular complexity index is 470. The summed E-state index contributed by atoms with van der Waals surface area (Å²) in [5, 5.41) is 8.88. The molecule has 1 aromatic carbocycles. The van der Waals surface area contributed by atoms with Crippen LogP contribution in [0.3, 0.4) is 0 Å². The van der Waals surface area contributed by atoms with Crippen LogP contribution in [0.15, 0.2) is 36.4 Å². The molecule has 0 fully saturated rings. The average molecular weight is 291 g/mol. The fourth-order valence-electron chi connectivity index (χ4n) is 1.76. The van der Waals surface area contributed by atoms with Gasteiger partial charge in [0.2, 0.25) is 5.91 Å². The van der Waals surface area contributed by atoms with Gasteiger partial charge in [-0.2, -0.15) is 0 Å². The van der Waals surface area contributed by atoms with Crippen LogP contribution in [-0.4, -0.2) is 48.7 Å². The van der Waals surface area contributed by atoms with E-state index in [0.717, 1.165) is 5.56 Å². The van der Waals surface area contributed by atoms with Crippen LogP contribution in [-0.2, 0) is 14.3 Å². The lowest BCUT2D eigenvalue weighted by Gasteiger charge is -2.20. The molecule has 0 saturated carbocycles. The van der Waals surface area contributed by atoms with Crippen molar-refractivity contribution in [1.82, 2.24) is 4.90 Å². The zero-order chi connectivity index (χ0) is 15.5. The number of rotatable bonds is 8. The summed E-state index contributed by atoms with van der Waals surface area (Å²) in [6, 6.07) is 9.49. The van der Waals surface area contributed by atoms with Crippen molar-refractivity contribution in [2.75, 3.05) is 26.8 Å². The summed E-state index contributed by atoms with van der Waals surface area (Å²) in [6.45, 7) is 0.695. The number of carbonyl (C=O) groups is 2. The third kappa shape index (κ3) is 6.72. The minimum absolute atomic E-state index is 0.00437. The zero-order valence-electron chi connectivity index (χ0n) is 12.2. The van der Waals surface area contributed by atoms with Crippen molar-refractivity contribution in [2.24, 2.45) is 0 Å². The lowest BCUT2D eigenvalue weighted by atomic mass is 10.2. The van der Waals surface area contributed by atoms with E-state index < -0.39 is 0 Å². The molecular weight excluding hydrogens is 270 g/mol. The maximum Gasteiger partial charge on any atom is 0.307 e. The highest BCUT2D eigenvalue weighted by molar-refractivity contribution is 5.92. The highest BCUT2D eigenvalue weighted by atomic mass is 16.5. The summed E-state index contributed by atoms with van der Waals surface area (Å²) in [6.07, 6.45) is 3.83. The Labute approximate surface area is 124 Å². The maximum atomic E-state index is 12.1. The molecule has 1 N–H and O–H groups in total.